The van der Waals surface area contributed by atoms with E-state index in [0.717, 1.165) is 24.2 Å². The van der Waals surface area contributed by atoms with Crippen molar-refractivity contribution in [2.45, 2.75) is 36.6 Å². The minimum Gasteiger partial charge on any atom is -0.497 e. The van der Waals surface area contributed by atoms with Crippen molar-refractivity contribution in [3.8, 4) is 5.75 Å². The van der Waals surface area contributed by atoms with Crippen LogP contribution in [0, 0.1) is 0 Å². The molecule has 0 aromatic heterocycles. The summed E-state index contributed by atoms with van der Waals surface area (Å²) in [5, 5.41) is 3.36. The number of amides is 1. The van der Waals surface area contributed by atoms with Crippen molar-refractivity contribution in [2.75, 3.05) is 20.2 Å². The number of ether oxygens (including phenoxy) is 1. The first kappa shape index (κ1) is 21.6. The van der Waals surface area contributed by atoms with E-state index in [-0.39, 0.29) is 10.8 Å². The molecule has 1 fully saturated rings. The molecule has 1 aliphatic rings. The second kappa shape index (κ2) is 9.61. The quantitative estimate of drug-likeness (QED) is 0.644. The highest BCUT2D eigenvalue weighted by Crippen LogP contribution is 2.27. The number of nitrogens with zero attached hydrogens (tertiary/aromatic N) is 1. The highest BCUT2D eigenvalue weighted by atomic mass is 35.5. The molecular weight excluding hydrogens is 412 g/mol. The summed E-state index contributed by atoms with van der Waals surface area (Å²) in [5.41, 5.74) is 1.16. The summed E-state index contributed by atoms with van der Waals surface area (Å²) in [6, 6.07) is 13.2. The first-order valence-corrected chi connectivity index (χ1v) is 11.4. The zero-order valence-electron chi connectivity index (χ0n) is 16.3. The van der Waals surface area contributed by atoms with Gasteiger partial charge in [0.1, 0.15) is 11.8 Å². The molecule has 156 valence electrons. The normalized spacial score (nSPS) is 17.2. The molecule has 2 aromatic rings. The lowest BCUT2D eigenvalue weighted by molar-refractivity contribution is -0.124. The highest BCUT2D eigenvalue weighted by Gasteiger charge is 2.39. The van der Waals surface area contributed by atoms with Gasteiger partial charge in [-0.1, -0.05) is 23.7 Å². The molecule has 1 saturated heterocycles. The molecule has 0 spiro atoms. The van der Waals surface area contributed by atoms with Crippen molar-refractivity contribution < 1.29 is 17.9 Å². The summed E-state index contributed by atoms with van der Waals surface area (Å²) < 4.78 is 32.3. The second-order valence-electron chi connectivity index (χ2n) is 6.97. The first-order valence-electron chi connectivity index (χ1n) is 9.60. The van der Waals surface area contributed by atoms with Gasteiger partial charge >= 0.3 is 0 Å². The Hall–Kier alpha value is -2.09. The van der Waals surface area contributed by atoms with E-state index in [9.17, 15) is 13.2 Å². The predicted molar refractivity (Wildman–Crippen MR) is 113 cm³/mol. The molecular formula is C21H25ClN2O4S. The molecule has 1 amide bonds. The number of aryl methyl sites for hydroxylation is 1. The van der Waals surface area contributed by atoms with Crippen LogP contribution in [0.1, 0.15) is 24.8 Å². The maximum absolute atomic E-state index is 12.9. The fraction of sp³-hybridized carbons (Fsp3) is 0.381. The van der Waals surface area contributed by atoms with Crippen molar-refractivity contribution in [3.05, 3.63) is 59.1 Å². The van der Waals surface area contributed by atoms with E-state index in [4.69, 9.17) is 16.3 Å². The maximum Gasteiger partial charge on any atom is 0.243 e. The van der Waals surface area contributed by atoms with E-state index in [1.165, 1.54) is 16.4 Å². The molecule has 1 N–H and O–H groups in total. The summed E-state index contributed by atoms with van der Waals surface area (Å²) in [5.74, 6) is 0.569. The number of carbonyl (C=O) groups is 1. The zero-order chi connectivity index (χ0) is 20.9. The first-order chi connectivity index (χ1) is 13.9. The van der Waals surface area contributed by atoms with E-state index in [0.29, 0.717) is 31.0 Å². The summed E-state index contributed by atoms with van der Waals surface area (Å²) in [4.78, 5) is 12.8. The van der Waals surface area contributed by atoms with E-state index >= 15 is 0 Å². The van der Waals surface area contributed by atoms with Crippen LogP contribution in [0.2, 0.25) is 5.02 Å². The number of nitrogens with one attached hydrogen (secondary N) is 1. The maximum atomic E-state index is 12.9. The topological polar surface area (TPSA) is 75.7 Å². The van der Waals surface area contributed by atoms with Gasteiger partial charge in [-0.2, -0.15) is 4.31 Å². The Morgan fingerprint density at radius 2 is 1.86 bits per heavy atom. The third-order valence-corrected chi connectivity index (χ3v) is 7.20. The Bertz CT molecular complexity index is 930. The minimum absolute atomic E-state index is 0.154. The van der Waals surface area contributed by atoms with Crippen molar-refractivity contribution >= 4 is 27.5 Å². The summed E-state index contributed by atoms with van der Waals surface area (Å²) in [6.07, 6.45) is 2.78. The third kappa shape index (κ3) is 5.29. The Balaban J connectivity index is 1.54. The molecule has 0 aliphatic carbocycles. The van der Waals surface area contributed by atoms with Crippen molar-refractivity contribution in [1.29, 1.82) is 0 Å². The number of hydrogen-bond acceptors (Lipinski definition) is 4. The zero-order valence-corrected chi connectivity index (χ0v) is 17.9. The van der Waals surface area contributed by atoms with Crippen LogP contribution in [0.4, 0.5) is 0 Å². The van der Waals surface area contributed by atoms with Gasteiger partial charge in [0.15, 0.2) is 0 Å². The number of halogens is 1. The van der Waals surface area contributed by atoms with Crippen LogP contribution >= 0.6 is 11.6 Å². The average molecular weight is 437 g/mol. The lowest BCUT2D eigenvalue weighted by Crippen LogP contribution is -2.46. The molecule has 0 unspecified atom stereocenters. The van der Waals surface area contributed by atoms with Crippen LogP contribution in [-0.4, -0.2) is 44.9 Å². The second-order valence-corrected chi connectivity index (χ2v) is 9.30. The van der Waals surface area contributed by atoms with Crippen molar-refractivity contribution in [2.24, 2.45) is 0 Å². The monoisotopic (exact) mass is 436 g/mol. The number of carbonyl (C=O) groups excluding carboxylic acids is 1. The van der Waals surface area contributed by atoms with Gasteiger partial charge < -0.3 is 10.1 Å². The highest BCUT2D eigenvalue weighted by molar-refractivity contribution is 7.89. The lowest BCUT2D eigenvalue weighted by atomic mass is 10.1. The molecule has 0 radical (unpaired) electrons. The summed E-state index contributed by atoms with van der Waals surface area (Å²) in [7, 11) is -2.10. The number of methoxy groups -OCH3 is 1. The van der Waals surface area contributed by atoms with E-state index in [2.05, 4.69) is 5.32 Å². The van der Waals surface area contributed by atoms with Gasteiger partial charge in [0.2, 0.25) is 15.9 Å². The summed E-state index contributed by atoms with van der Waals surface area (Å²) in [6.45, 7) is 0.838. The van der Waals surface area contributed by atoms with Crippen molar-refractivity contribution in [1.82, 2.24) is 9.62 Å². The lowest BCUT2D eigenvalue weighted by Gasteiger charge is -2.23. The van der Waals surface area contributed by atoms with E-state index in [1.807, 2.05) is 24.3 Å². The molecule has 0 saturated carbocycles. The van der Waals surface area contributed by atoms with Gasteiger partial charge in [0.05, 0.1) is 12.0 Å². The van der Waals surface area contributed by atoms with Gasteiger partial charge in [0.25, 0.3) is 0 Å². The molecule has 3 rings (SSSR count). The number of benzene rings is 2. The Labute approximate surface area is 176 Å². The van der Waals surface area contributed by atoms with Gasteiger partial charge in [-0.25, -0.2) is 8.42 Å². The van der Waals surface area contributed by atoms with Crippen LogP contribution in [0.15, 0.2) is 53.4 Å². The molecule has 29 heavy (non-hydrogen) atoms. The molecule has 1 aliphatic heterocycles. The van der Waals surface area contributed by atoms with Gasteiger partial charge in [0, 0.05) is 18.1 Å². The van der Waals surface area contributed by atoms with Crippen LogP contribution in [0.25, 0.3) is 0 Å². The third-order valence-electron chi connectivity index (χ3n) is 5.03. The van der Waals surface area contributed by atoms with Crippen LogP contribution in [0.5, 0.6) is 5.75 Å². The smallest absolute Gasteiger partial charge is 0.243 e. The average Bonchev–Trinajstić information content (AvgIpc) is 3.23. The standard InChI is InChI=1S/C21H25ClN2O4S/c1-28-18-10-6-16(7-11-18)4-2-14-23-21(25)20-5-3-15-24(20)29(26,27)19-12-8-17(22)9-13-19/h6-13,20H,2-5,14-15H2,1H3,(H,23,25)/t20-/m0/s1. The van der Waals surface area contributed by atoms with Crippen LogP contribution in [0.3, 0.4) is 0 Å². The van der Waals surface area contributed by atoms with Gasteiger partial charge in [-0.05, 0) is 67.6 Å². The van der Waals surface area contributed by atoms with E-state index < -0.39 is 16.1 Å². The SMILES string of the molecule is COc1ccc(CCCNC(=O)[C@@H]2CCCN2S(=O)(=O)c2ccc(Cl)cc2)cc1. The molecule has 1 heterocycles. The minimum atomic E-state index is -3.73. The van der Waals surface area contributed by atoms with Gasteiger partial charge in [-0.3, -0.25) is 4.79 Å². The van der Waals surface area contributed by atoms with Gasteiger partial charge in [-0.15, -0.1) is 0 Å². The predicted octanol–water partition coefficient (Wildman–Crippen LogP) is 3.25. The number of hydrogen-bond donors (Lipinski definition) is 1. The Morgan fingerprint density at radius 3 is 2.52 bits per heavy atom. The van der Waals surface area contributed by atoms with Crippen LogP contribution in [-0.2, 0) is 21.2 Å². The summed E-state index contributed by atoms with van der Waals surface area (Å²) >= 11 is 5.85. The Kier molecular flexibility index (Phi) is 7.16. The molecule has 1 atom stereocenters. The largest absolute Gasteiger partial charge is 0.497 e. The van der Waals surface area contributed by atoms with Crippen molar-refractivity contribution in [3.63, 3.8) is 0 Å². The fourth-order valence-electron chi connectivity index (χ4n) is 3.45. The Morgan fingerprint density at radius 1 is 1.17 bits per heavy atom. The molecule has 6 nitrogen and oxygen atoms in total. The molecule has 8 heteroatoms. The number of rotatable bonds is 8. The van der Waals surface area contributed by atoms with Crippen LogP contribution < -0.4 is 10.1 Å². The van der Waals surface area contributed by atoms with E-state index in [1.54, 1.807) is 19.2 Å². The molecule has 0 bridgehead atoms. The fourth-order valence-corrected chi connectivity index (χ4v) is 5.23. The molecule has 2 aromatic carbocycles. The number of sulfonamides is 1.